The lowest BCUT2D eigenvalue weighted by Crippen LogP contribution is -2.10. The van der Waals surface area contributed by atoms with Gasteiger partial charge in [-0.05, 0) is 37.6 Å². The quantitative estimate of drug-likeness (QED) is 0.775. The number of hydrogen-bond acceptors (Lipinski definition) is 3. The molecule has 1 N–H and O–H groups in total. The first-order valence-electron chi connectivity index (χ1n) is 6.22. The van der Waals surface area contributed by atoms with Gasteiger partial charge in [0.25, 0.3) is 0 Å². The number of carboxylic acid groups (broad SMARTS) is 1. The molecule has 0 aliphatic heterocycles. The van der Waals surface area contributed by atoms with Crippen LogP contribution in [0.4, 0.5) is 0 Å². The van der Waals surface area contributed by atoms with E-state index in [9.17, 15) is 9.90 Å². The number of rotatable bonds is 2. The van der Waals surface area contributed by atoms with Crippen molar-refractivity contribution in [3.63, 3.8) is 0 Å². The number of aromatic carboxylic acids is 1. The highest BCUT2D eigenvalue weighted by Crippen LogP contribution is 2.22. The molecule has 0 amide bonds. The second-order valence-corrected chi connectivity index (χ2v) is 4.69. The van der Waals surface area contributed by atoms with E-state index < -0.39 is 5.97 Å². The molecule has 2 heterocycles. The van der Waals surface area contributed by atoms with Crippen LogP contribution in [-0.2, 0) is 0 Å². The van der Waals surface area contributed by atoms with E-state index in [1.54, 1.807) is 23.9 Å². The Hall–Kier alpha value is -2.69. The van der Waals surface area contributed by atoms with Crippen molar-refractivity contribution in [2.24, 2.45) is 0 Å². The van der Waals surface area contributed by atoms with Crippen LogP contribution in [0.2, 0.25) is 0 Å². The fraction of sp³-hybridized carbons (Fsp3) is 0.133. The largest absolute Gasteiger partial charge is 0.478 e. The maximum Gasteiger partial charge on any atom is 0.339 e. The summed E-state index contributed by atoms with van der Waals surface area (Å²) in [5.41, 5.74) is 3.33. The van der Waals surface area contributed by atoms with Crippen molar-refractivity contribution in [2.45, 2.75) is 13.8 Å². The van der Waals surface area contributed by atoms with Gasteiger partial charge >= 0.3 is 5.97 Å². The predicted molar refractivity (Wildman–Crippen MR) is 75.3 cm³/mol. The molecule has 100 valence electrons. The molecule has 0 aliphatic rings. The summed E-state index contributed by atoms with van der Waals surface area (Å²) in [4.78, 5) is 20.2. The normalized spacial score (nSPS) is 10.9. The summed E-state index contributed by atoms with van der Waals surface area (Å²) in [7, 11) is 0. The summed E-state index contributed by atoms with van der Waals surface area (Å²) in [6, 6.07) is 9.34. The Labute approximate surface area is 115 Å². The van der Waals surface area contributed by atoms with E-state index in [4.69, 9.17) is 0 Å². The van der Waals surface area contributed by atoms with Crippen LogP contribution in [0.3, 0.4) is 0 Å². The number of benzene rings is 1. The van der Waals surface area contributed by atoms with Gasteiger partial charge < -0.3 is 5.11 Å². The van der Waals surface area contributed by atoms with Crippen LogP contribution in [0, 0.1) is 13.8 Å². The van der Waals surface area contributed by atoms with Crippen LogP contribution in [0.15, 0.2) is 36.7 Å². The zero-order chi connectivity index (χ0) is 14.3. The van der Waals surface area contributed by atoms with Crippen molar-refractivity contribution >= 4 is 17.0 Å². The summed E-state index contributed by atoms with van der Waals surface area (Å²) in [5.74, 6) is -0.577. The fourth-order valence-corrected chi connectivity index (χ4v) is 2.38. The lowest BCUT2D eigenvalue weighted by molar-refractivity contribution is 0.0695. The third-order valence-corrected chi connectivity index (χ3v) is 3.22. The van der Waals surface area contributed by atoms with E-state index in [0.29, 0.717) is 11.4 Å². The first-order valence-corrected chi connectivity index (χ1v) is 6.22. The average molecular weight is 267 g/mol. The van der Waals surface area contributed by atoms with Crippen LogP contribution < -0.4 is 0 Å². The Kier molecular flexibility index (Phi) is 2.75. The summed E-state index contributed by atoms with van der Waals surface area (Å²) in [6.45, 7) is 3.63. The molecular formula is C15H13N3O2. The highest BCUT2D eigenvalue weighted by Gasteiger charge is 2.18. The Bertz CT molecular complexity index is 821. The molecule has 0 saturated carbocycles. The maximum absolute atomic E-state index is 11.5. The standard InChI is InChI=1S/C15H13N3O2/c1-9-7-10(2)17-14(13(9)15(19)20)18-8-16-11-5-3-4-6-12(11)18/h3-8H,1-2H3,(H,19,20). The van der Waals surface area contributed by atoms with E-state index >= 15 is 0 Å². The lowest BCUT2D eigenvalue weighted by atomic mass is 10.1. The summed E-state index contributed by atoms with van der Waals surface area (Å²) < 4.78 is 1.72. The Morgan fingerprint density at radius 1 is 1.25 bits per heavy atom. The monoisotopic (exact) mass is 267 g/mol. The van der Waals surface area contributed by atoms with E-state index in [2.05, 4.69) is 9.97 Å². The first-order chi connectivity index (χ1) is 9.58. The average Bonchev–Trinajstić information content (AvgIpc) is 2.80. The van der Waals surface area contributed by atoms with Crippen molar-refractivity contribution in [3.8, 4) is 5.82 Å². The molecule has 0 spiro atoms. The predicted octanol–water partition coefficient (Wildman–Crippen LogP) is 2.74. The molecule has 0 bridgehead atoms. The number of para-hydroxylation sites is 2. The number of imidazole rings is 1. The van der Waals surface area contributed by atoms with Gasteiger partial charge in [-0.3, -0.25) is 4.57 Å². The smallest absolute Gasteiger partial charge is 0.339 e. The Morgan fingerprint density at radius 3 is 2.75 bits per heavy atom. The van der Waals surface area contributed by atoms with Crippen molar-refractivity contribution in [1.29, 1.82) is 0 Å². The summed E-state index contributed by atoms with van der Waals surface area (Å²) >= 11 is 0. The topological polar surface area (TPSA) is 68.0 Å². The number of carboxylic acids is 1. The van der Waals surface area contributed by atoms with Gasteiger partial charge in [-0.1, -0.05) is 12.1 Å². The zero-order valence-electron chi connectivity index (χ0n) is 11.2. The van der Waals surface area contributed by atoms with Crippen LogP contribution in [0.1, 0.15) is 21.6 Å². The maximum atomic E-state index is 11.5. The molecule has 2 aromatic heterocycles. The minimum atomic E-state index is -0.984. The number of hydrogen-bond donors (Lipinski definition) is 1. The molecule has 0 atom stereocenters. The van der Waals surface area contributed by atoms with E-state index in [-0.39, 0.29) is 5.56 Å². The fourth-order valence-electron chi connectivity index (χ4n) is 2.38. The highest BCUT2D eigenvalue weighted by molar-refractivity contribution is 5.93. The van der Waals surface area contributed by atoms with Crippen molar-refractivity contribution in [2.75, 3.05) is 0 Å². The van der Waals surface area contributed by atoms with Gasteiger partial charge in [-0.2, -0.15) is 0 Å². The minimum Gasteiger partial charge on any atom is -0.478 e. The molecule has 20 heavy (non-hydrogen) atoms. The molecule has 3 aromatic rings. The molecule has 0 saturated heterocycles. The van der Waals surface area contributed by atoms with Gasteiger partial charge in [0.15, 0.2) is 5.82 Å². The lowest BCUT2D eigenvalue weighted by Gasteiger charge is -2.11. The Morgan fingerprint density at radius 2 is 2.00 bits per heavy atom. The third kappa shape index (κ3) is 1.84. The second-order valence-electron chi connectivity index (χ2n) is 4.69. The number of fused-ring (bicyclic) bond motifs is 1. The van der Waals surface area contributed by atoms with Gasteiger partial charge in [-0.25, -0.2) is 14.8 Å². The van der Waals surface area contributed by atoms with Gasteiger partial charge in [0, 0.05) is 5.69 Å². The molecule has 0 fully saturated rings. The number of aromatic nitrogens is 3. The van der Waals surface area contributed by atoms with Gasteiger partial charge in [0.05, 0.1) is 11.0 Å². The molecule has 5 heteroatoms. The summed E-state index contributed by atoms with van der Waals surface area (Å²) in [5, 5.41) is 9.43. The van der Waals surface area contributed by atoms with Crippen LogP contribution in [0.25, 0.3) is 16.9 Å². The molecule has 0 radical (unpaired) electrons. The van der Waals surface area contributed by atoms with E-state index in [0.717, 1.165) is 16.7 Å². The van der Waals surface area contributed by atoms with Crippen LogP contribution in [0.5, 0.6) is 0 Å². The van der Waals surface area contributed by atoms with Crippen molar-refractivity contribution < 1.29 is 9.90 Å². The van der Waals surface area contributed by atoms with E-state index in [1.165, 1.54) is 0 Å². The first kappa shape index (κ1) is 12.3. The van der Waals surface area contributed by atoms with Crippen LogP contribution in [-0.4, -0.2) is 25.6 Å². The number of pyridine rings is 1. The van der Waals surface area contributed by atoms with Gasteiger partial charge in [0.1, 0.15) is 11.9 Å². The third-order valence-electron chi connectivity index (χ3n) is 3.22. The molecule has 3 rings (SSSR count). The van der Waals surface area contributed by atoms with Gasteiger partial charge in [0.2, 0.25) is 0 Å². The van der Waals surface area contributed by atoms with Gasteiger partial charge in [-0.15, -0.1) is 0 Å². The molecule has 0 unspecified atom stereocenters. The highest BCUT2D eigenvalue weighted by atomic mass is 16.4. The van der Waals surface area contributed by atoms with Crippen molar-refractivity contribution in [3.05, 3.63) is 53.5 Å². The van der Waals surface area contributed by atoms with Crippen LogP contribution >= 0.6 is 0 Å². The summed E-state index contributed by atoms with van der Waals surface area (Å²) in [6.07, 6.45) is 1.61. The molecular weight excluding hydrogens is 254 g/mol. The second kappa shape index (κ2) is 4.45. The molecule has 1 aromatic carbocycles. The number of carbonyl (C=O) groups is 1. The minimum absolute atomic E-state index is 0.207. The molecule has 0 aliphatic carbocycles. The number of nitrogens with zero attached hydrogens (tertiary/aromatic N) is 3. The number of aryl methyl sites for hydroxylation is 2. The molecule has 5 nitrogen and oxygen atoms in total. The van der Waals surface area contributed by atoms with E-state index in [1.807, 2.05) is 31.2 Å². The SMILES string of the molecule is Cc1cc(C)c(C(=O)O)c(-n2cnc3ccccc32)n1. The van der Waals surface area contributed by atoms with Crippen molar-refractivity contribution in [1.82, 2.24) is 14.5 Å². The zero-order valence-corrected chi connectivity index (χ0v) is 11.2. The Balaban J connectivity index is 2.37.